The number of nitrogens with zero attached hydrogens (tertiary/aromatic N) is 1. The normalized spacial score (nSPS) is 10.4. The predicted molar refractivity (Wildman–Crippen MR) is 105 cm³/mol. The van der Waals surface area contributed by atoms with Crippen molar-refractivity contribution in [3.63, 3.8) is 0 Å². The molecule has 0 fully saturated rings. The third kappa shape index (κ3) is 4.06. The zero-order valence-electron chi connectivity index (χ0n) is 15.2. The first-order valence-electron chi connectivity index (χ1n) is 8.73. The molecule has 1 N–H and O–H groups in total. The van der Waals surface area contributed by atoms with E-state index in [2.05, 4.69) is 5.32 Å². The van der Waals surface area contributed by atoms with Crippen LogP contribution < -0.4 is 10.2 Å². The van der Waals surface area contributed by atoms with E-state index in [0.717, 1.165) is 17.8 Å². The van der Waals surface area contributed by atoms with Gasteiger partial charge in [-0.1, -0.05) is 30.3 Å². The number of hydrogen-bond acceptors (Lipinski definition) is 2. The summed E-state index contributed by atoms with van der Waals surface area (Å²) < 4.78 is 27.5. The molecule has 3 aromatic carbocycles. The van der Waals surface area contributed by atoms with Crippen molar-refractivity contribution in [3.8, 4) is 0 Å². The van der Waals surface area contributed by atoms with Gasteiger partial charge in [0.25, 0.3) is 11.8 Å². The quantitative estimate of drug-likeness (QED) is 0.686. The first kappa shape index (κ1) is 19.2. The van der Waals surface area contributed by atoms with E-state index in [-0.39, 0.29) is 11.5 Å². The lowest BCUT2D eigenvalue weighted by Crippen LogP contribution is -2.30. The van der Waals surface area contributed by atoms with Crippen molar-refractivity contribution < 1.29 is 18.4 Å². The lowest BCUT2D eigenvalue weighted by atomic mass is 10.1. The third-order valence-corrected chi connectivity index (χ3v) is 4.20. The van der Waals surface area contributed by atoms with Crippen molar-refractivity contribution in [3.05, 3.63) is 95.6 Å². The Kier molecular flexibility index (Phi) is 5.79. The molecule has 6 heteroatoms. The average molecular weight is 380 g/mol. The molecule has 0 aliphatic rings. The van der Waals surface area contributed by atoms with Crippen LogP contribution in [0.5, 0.6) is 0 Å². The van der Waals surface area contributed by atoms with E-state index in [9.17, 15) is 18.4 Å². The standard InChI is InChI=1S/C22H18F2N2O2/c1-2-26(17-10-4-3-5-11-17)22(28)16-9-6-8-15(14-16)21(27)25-20-18(23)12-7-13-19(20)24/h3-14H,2H2,1H3,(H,25,27). The summed E-state index contributed by atoms with van der Waals surface area (Å²) in [4.78, 5) is 26.9. The average Bonchev–Trinajstić information content (AvgIpc) is 2.72. The fourth-order valence-corrected chi connectivity index (χ4v) is 2.80. The molecule has 142 valence electrons. The fourth-order valence-electron chi connectivity index (χ4n) is 2.80. The SMILES string of the molecule is CCN(C(=O)c1cccc(C(=O)Nc2c(F)cccc2F)c1)c1ccccc1. The van der Waals surface area contributed by atoms with Crippen LogP contribution in [0.15, 0.2) is 72.8 Å². The summed E-state index contributed by atoms with van der Waals surface area (Å²) >= 11 is 0. The van der Waals surface area contributed by atoms with E-state index < -0.39 is 23.2 Å². The van der Waals surface area contributed by atoms with Crippen molar-refractivity contribution >= 4 is 23.2 Å². The highest BCUT2D eigenvalue weighted by molar-refractivity contribution is 6.09. The van der Waals surface area contributed by atoms with E-state index in [1.165, 1.54) is 18.2 Å². The number of carbonyl (C=O) groups is 2. The molecule has 0 aromatic heterocycles. The smallest absolute Gasteiger partial charge is 0.258 e. The van der Waals surface area contributed by atoms with E-state index in [1.807, 2.05) is 37.3 Å². The molecule has 0 saturated heterocycles. The lowest BCUT2D eigenvalue weighted by Gasteiger charge is -2.21. The Morgan fingerprint density at radius 1 is 0.857 bits per heavy atom. The first-order valence-corrected chi connectivity index (χ1v) is 8.73. The zero-order chi connectivity index (χ0) is 20.1. The van der Waals surface area contributed by atoms with Crippen molar-refractivity contribution in [2.45, 2.75) is 6.92 Å². The van der Waals surface area contributed by atoms with Gasteiger partial charge in [-0.15, -0.1) is 0 Å². The van der Waals surface area contributed by atoms with Crippen LogP contribution in [0, 0.1) is 11.6 Å². The largest absolute Gasteiger partial charge is 0.317 e. The Morgan fingerprint density at radius 2 is 1.46 bits per heavy atom. The van der Waals surface area contributed by atoms with E-state index in [1.54, 1.807) is 17.0 Å². The molecule has 0 spiro atoms. The van der Waals surface area contributed by atoms with Gasteiger partial charge in [0, 0.05) is 23.4 Å². The van der Waals surface area contributed by atoms with Gasteiger partial charge in [0.05, 0.1) is 0 Å². The van der Waals surface area contributed by atoms with Gasteiger partial charge in [-0.2, -0.15) is 0 Å². The highest BCUT2D eigenvalue weighted by atomic mass is 19.1. The minimum atomic E-state index is -0.873. The number of anilines is 2. The highest BCUT2D eigenvalue weighted by Crippen LogP contribution is 2.20. The van der Waals surface area contributed by atoms with Crippen LogP contribution in [0.1, 0.15) is 27.6 Å². The Balaban J connectivity index is 1.85. The summed E-state index contributed by atoms with van der Waals surface area (Å²) in [6, 6.07) is 18.5. The van der Waals surface area contributed by atoms with Crippen molar-refractivity contribution in [1.29, 1.82) is 0 Å². The van der Waals surface area contributed by atoms with E-state index in [4.69, 9.17) is 0 Å². The summed E-state index contributed by atoms with van der Waals surface area (Å²) in [5.41, 5.74) is 0.631. The van der Waals surface area contributed by atoms with Gasteiger partial charge in [-0.3, -0.25) is 9.59 Å². The van der Waals surface area contributed by atoms with Crippen LogP contribution in [0.2, 0.25) is 0 Å². The van der Waals surface area contributed by atoms with Crippen molar-refractivity contribution in [2.75, 3.05) is 16.8 Å². The number of benzene rings is 3. The number of rotatable bonds is 5. The molecule has 28 heavy (non-hydrogen) atoms. The number of para-hydroxylation sites is 2. The number of halogens is 2. The number of hydrogen-bond donors (Lipinski definition) is 1. The van der Waals surface area contributed by atoms with E-state index in [0.29, 0.717) is 12.1 Å². The topological polar surface area (TPSA) is 49.4 Å². The van der Waals surface area contributed by atoms with Crippen LogP contribution in [0.3, 0.4) is 0 Å². The number of nitrogens with one attached hydrogen (secondary N) is 1. The van der Waals surface area contributed by atoms with Crippen LogP contribution in [-0.2, 0) is 0 Å². The molecule has 0 atom stereocenters. The second kappa shape index (κ2) is 8.43. The Labute approximate surface area is 161 Å². The van der Waals surface area contributed by atoms with Gasteiger partial charge >= 0.3 is 0 Å². The second-order valence-electron chi connectivity index (χ2n) is 6.02. The molecule has 0 saturated carbocycles. The molecule has 0 aliphatic heterocycles. The minimum Gasteiger partial charge on any atom is -0.317 e. The summed E-state index contributed by atoms with van der Waals surface area (Å²) in [6.45, 7) is 2.29. The fraction of sp³-hybridized carbons (Fsp3) is 0.0909. The van der Waals surface area contributed by atoms with Gasteiger partial charge in [-0.05, 0) is 49.4 Å². The Hall–Kier alpha value is -3.54. The van der Waals surface area contributed by atoms with Gasteiger partial charge < -0.3 is 10.2 Å². The van der Waals surface area contributed by atoms with Crippen molar-refractivity contribution in [1.82, 2.24) is 0 Å². The van der Waals surface area contributed by atoms with E-state index >= 15 is 0 Å². The molecule has 3 aromatic rings. The van der Waals surface area contributed by atoms with Crippen molar-refractivity contribution in [2.24, 2.45) is 0 Å². The Bertz CT molecular complexity index is 986. The van der Waals surface area contributed by atoms with Crippen LogP contribution in [0.4, 0.5) is 20.2 Å². The molecule has 3 rings (SSSR count). The molecule has 0 aliphatic carbocycles. The summed E-state index contributed by atoms with van der Waals surface area (Å²) in [5.74, 6) is -2.73. The Morgan fingerprint density at radius 3 is 2.11 bits per heavy atom. The second-order valence-corrected chi connectivity index (χ2v) is 6.02. The maximum atomic E-state index is 13.8. The van der Waals surface area contributed by atoms with Crippen LogP contribution in [-0.4, -0.2) is 18.4 Å². The van der Waals surface area contributed by atoms with Gasteiger partial charge in [0.15, 0.2) is 0 Å². The minimum absolute atomic E-state index is 0.123. The predicted octanol–water partition coefficient (Wildman–Crippen LogP) is 4.88. The number of carbonyl (C=O) groups excluding carboxylic acids is 2. The molecule has 0 bridgehead atoms. The molecule has 0 radical (unpaired) electrons. The maximum Gasteiger partial charge on any atom is 0.258 e. The van der Waals surface area contributed by atoms with Gasteiger partial charge in [0.2, 0.25) is 0 Å². The van der Waals surface area contributed by atoms with Crippen LogP contribution >= 0.6 is 0 Å². The number of amides is 2. The van der Waals surface area contributed by atoms with Gasteiger partial charge in [0.1, 0.15) is 17.3 Å². The maximum absolute atomic E-state index is 13.8. The summed E-state index contributed by atoms with van der Waals surface area (Å²) in [6.07, 6.45) is 0. The van der Waals surface area contributed by atoms with Crippen LogP contribution in [0.25, 0.3) is 0 Å². The summed E-state index contributed by atoms with van der Waals surface area (Å²) in [7, 11) is 0. The highest BCUT2D eigenvalue weighted by Gasteiger charge is 2.18. The molecular weight excluding hydrogens is 362 g/mol. The monoisotopic (exact) mass is 380 g/mol. The molecule has 0 unspecified atom stereocenters. The summed E-state index contributed by atoms with van der Waals surface area (Å²) in [5, 5.41) is 2.22. The molecule has 4 nitrogen and oxygen atoms in total. The molecule has 0 heterocycles. The first-order chi connectivity index (χ1) is 13.5. The molecular formula is C22H18F2N2O2. The van der Waals surface area contributed by atoms with Gasteiger partial charge in [-0.25, -0.2) is 8.78 Å². The third-order valence-electron chi connectivity index (χ3n) is 4.20. The zero-order valence-corrected chi connectivity index (χ0v) is 15.2. The lowest BCUT2D eigenvalue weighted by molar-refractivity contribution is 0.0988. The molecule has 2 amide bonds.